The van der Waals surface area contributed by atoms with E-state index in [0.717, 1.165) is 26.2 Å². The quantitative estimate of drug-likeness (QED) is 0.684. The van der Waals surface area contributed by atoms with Crippen LogP contribution in [0.4, 0.5) is 0 Å². The molecule has 2 rings (SSSR count). The van der Waals surface area contributed by atoms with Gasteiger partial charge in [0, 0.05) is 31.9 Å². The molecule has 3 unspecified atom stereocenters. The van der Waals surface area contributed by atoms with Gasteiger partial charge in [-0.05, 0) is 0 Å². The second-order valence-electron chi connectivity index (χ2n) is 3.75. The number of hydrogen-bond acceptors (Lipinski definition) is 4. The zero-order valence-electron chi connectivity index (χ0n) is 8.21. The Morgan fingerprint density at radius 1 is 1.62 bits per heavy atom. The van der Waals surface area contributed by atoms with Crippen LogP contribution in [0.1, 0.15) is 13.3 Å². The van der Waals surface area contributed by atoms with Gasteiger partial charge in [0.2, 0.25) is 0 Å². The van der Waals surface area contributed by atoms with Crippen molar-refractivity contribution in [3.8, 4) is 0 Å². The van der Waals surface area contributed by atoms with Gasteiger partial charge < -0.3 is 9.47 Å². The summed E-state index contributed by atoms with van der Waals surface area (Å²) in [6, 6.07) is 0. The van der Waals surface area contributed by atoms with Gasteiger partial charge in [-0.15, -0.1) is 11.8 Å². The van der Waals surface area contributed by atoms with E-state index in [2.05, 4.69) is 12.2 Å². The lowest BCUT2D eigenvalue weighted by Crippen LogP contribution is -2.54. The van der Waals surface area contributed by atoms with Gasteiger partial charge in [0.05, 0.1) is 11.5 Å². The van der Waals surface area contributed by atoms with Crippen molar-refractivity contribution in [2.75, 3.05) is 26.9 Å². The Labute approximate surface area is 83.5 Å². The zero-order valence-corrected chi connectivity index (χ0v) is 9.02. The molecule has 3 nitrogen and oxygen atoms in total. The third kappa shape index (κ3) is 1.73. The minimum Gasteiger partial charge on any atom is -0.379 e. The van der Waals surface area contributed by atoms with Crippen LogP contribution in [0.15, 0.2) is 0 Å². The molecule has 13 heavy (non-hydrogen) atoms. The zero-order chi connectivity index (χ0) is 9.31. The largest absolute Gasteiger partial charge is 0.379 e. The number of nitrogens with one attached hydrogen (secondary N) is 1. The van der Waals surface area contributed by atoms with Crippen LogP contribution >= 0.6 is 11.8 Å². The molecule has 0 radical (unpaired) electrons. The van der Waals surface area contributed by atoms with E-state index in [9.17, 15) is 0 Å². The van der Waals surface area contributed by atoms with Crippen molar-refractivity contribution >= 4 is 11.8 Å². The van der Waals surface area contributed by atoms with Gasteiger partial charge in [0.1, 0.15) is 6.10 Å². The van der Waals surface area contributed by atoms with Crippen molar-refractivity contribution in [2.45, 2.75) is 29.6 Å². The molecule has 0 aromatic heterocycles. The van der Waals surface area contributed by atoms with Gasteiger partial charge in [-0.2, -0.15) is 0 Å². The Kier molecular flexibility index (Phi) is 2.83. The highest BCUT2D eigenvalue weighted by atomic mass is 32.2. The smallest absolute Gasteiger partial charge is 0.108 e. The summed E-state index contributed by atoms with van der Waals surface area (Å²) >= 11 is 2.01. The van der Waals surface area contributed by atoms with Gasteiger partial charge in [0.15, 0.2) is 0 Å². The predicted octanol–water partition coefficient (Wildman–Crippen LogP) is 0.843. The minimum absolute atomic E-state index is 0.131. The summed E-state index contributed by atoms with van der Waals surface area (Å²) in [4.78, 5) is 0.131. The van der Waals surface area contributed by atoms with Crippen molar-refractivity contribution < 1.29 is 9.47 Å². The van der Waals surface area contributed by atoms with E-state index in [4.69, 9.17) is 9.47 Å². The number of thioether (sulfide) groups is 1. The SMILES string of the molecule is COC1COCCC12NCC(C)S2. The Balaban J connectivity index is 2.08. The first-order valence-electron chi connectivity index (χ1n) is 4.80. The average Bonchev–Trinajstić information content (AvgIpc) is 2.49. The van der Waals surface area contributed by atoms with Gasteiger partial charge in [-0.25, -0.2) is 0 Å². The third-order valence-electron chi connectivity index (χ3n) is 2.79. The predicted molar refractivity (Wildman–Crippen MR) is 54.0 cm³/mol. The summed E-state index contributed by atoms with van der Waals surface area (Å²) in [5, 5.41) is 4.27. The van der Waals surface area contributed by atoms with Crippen LogP contribution < -0.4 is 5.32 Å². The molecular weight excluding hydrogens is 186 g/mol. The van der Waals surface area contributed by atoms with Crippen molar-refractivity contribution in [3.05, 3.63) is 0 Å². The second kappa shape index (κ2) is 3.77. The average molecular weight is 203 g/mol. The van der Waals surface area contributed by atoms with Gasteiger partial charge in [-0.1, -0.05) is 6.92 Å². The molecule has 0 bridgehead atoms. The van der Waals surface area contributed by atoms with E-state index >= 15 is 0 Å². The monoisotopic (exact) mass is 203 g/mol. The van der Waals surface area contributed by atoms with Gasteiger partial charge in [0.25, 0.3) is 0 Å². The summed E-state index contributed by atoms with van der Waals surface area (Å²) in [6.07, 6.45) is 1.26. The molecule has 2 fully saturated rings. The topological polar surface area (TPSA) is 30.5 Å². The Hall–Kier alpha value is 0.230. The summed E-state index contributed by atoms with van der Waals surface area (Å²) in [5.74, 6) is 0. The Bertz CT molecular complexity index is 186. The van der Waals surface area contributed by atoms with E-state index < -0.39 is 0 Å². The molecule has 0 aromatic rings. The summed E-state index contributed by atoms with van der Waals surface area (Å²) in [5.41, 5.74) is 0. The number of methoxy groups -OCH3 is 1. The van der Waals surface area contributed by atoms with Crippen LogP contribution in [0, 0.1) is 0 Å². The number of ether oxygens (including phenoxy) is 2. The maximum Gasteiger partial charge on any atom is 0.108 e. The van der Waals surface area contributed by atoms with Crippen LogP contribution in [0.25, 0.3) is 0 Å². The minimum atomic E-state index is 0.131. The highest BCUT2D eigenvalue weighted by molar-refractivity contribution is 8.01. The van der Waals surface area contributed by atoms with Crippen LogP contribution in [-0.4, -0.2) is 43.1 Å². The van der Waals surface area contributed by atoms with Gasteiger partial charge >= 0.3 is 0 Å². The van der Waals surface area contributed by atoms with E-state index in [1.807, 2.05) is 11.8 Å². The van der Waals surface area contributed by atoms with E-state index in [0.29, 0.717) is 5.25 Å². The number of rotatable bonds is 1. The fraction of sp³-hybridized carbons (Fsp3) is 1.00. The lowest BCUT2D eigenvalue weighted by atomic mass is 10.1. The first-order valence-corrected chi connectivity index (χ1v) is 5.68. The maximum atomic E-state index is 5.47. The van der Waals surface area contributed by atoms with Crippen LogP contribution in [0.5, 0.6) is 0 Å². The lowest BCUT2D eigenvalue weighted by Gasteiger charge is -2.39. The maximum absolute atomic E-state index is 5.47. The van der Waals surface area contributed by atoms with Crippen LogP contribution in [-0.2, 0) is 9.47 Å². The molecule has 0 aromatic carbocycles. The highest BCUT2D eigenvalue weighted by Gasteiger charge is 2.46. The molecule has 2 aliphatic rings. The lowest BCUT2D eigenvalue weighted by molar-refractivity contribution is -0.0581. The highest BCUT2D eigenvalue weighted by Crippen LogP contribution is 2.41. The molecule has 1 N–H and O–H groups in total. The van der Waals surface area contributed by atoms with Crippen LogP contribution in [0.3, 0.4) is 0 Å². The molecule has 1 spiro atoms. The Morgan fingerprint density at radius 2 is 2.46 bits per heavy atom. The molecule has 0 amide bonds. The standard InChI is InChI=1S/C9H17NO2S/c1-7-5-10-9(13-7)3-4-12-6-8(9)11-2/h7-8,10H,3-6H2,1-2H3. The van der Waals surface area contributed by atoms with Crippen molar-refractivity contribution in [3.63, 3.8) is 0 Å². The Morgan fingerprint density at radius 3 is 3.08 bits per heavy atom. The molecular formula is C9H17NO2S. The first kappa shape index (κ1) is 9.77. The molecule has 0 aliphatic carbocycles. The second-order valence-corrected chi connectivity index (χ2v) is 5.52. The number of hydrogen-bond donors (Lipinski definition) is 1. The molecule has 3 atom stereocenters. The van der Waals surface area contributed by atoms with Gasteiger partial charge in [-0.3, -0.25) is 5.32 Å². The summed E-state index contributed by atoms with van der Waals surface area (Å²) < 4.78 is 10.9. The molecule has 0 saturated carbocycles. The summed E-state index contributed by atoms with van der Waals surface area (Å²) in [6.45, 7) is 4.93. The van der Waals surface area contributed by atoms with E-state index in [1.165, 1.54) is 0 Å². The third-order valence-corrected chi connectivity index (χ3v) is 4.39. The summed E-state index contributed by atoms with van der Waals surface area (Å²) in [7, 11) is 1.77. The van der Waals surface area contributed by atoms with Crippen molar-refractivity contribution in [1.82, 2.24) is 5.32 Å². The molecule has 2 heterocycles. The van der Waals surface area contributed by atoms with Crippen molar-refractivity contribution in [1.29, 1.82) is 0 Å². The van der Waals surface area contributed by atoms with Crippen LogP contribution in [0.2, 0.25) is 0 Å². The molecule has 4 heteroatoms. The van der Waals surface area contributed by atoms with E-state index in [-0.39, 0.29) is 11.0 Å². The molecule has 76 valence electrons. The van der Waals surface area contributed by atoms with E-state index in [1.54, 1.807) is 7.11 Å². The molecule has 2 saturated heterocycles. The van der Waals surface area contributed by atoms with Crippen molar-refractivity contribution in [2.24, 2.45) is 0 Å². The normalized spacial score (nSPS) is 45.7. The molecule has 2 aliphatic heterocycles. The fourth-order valence-corrected chi connectivity index (χ4v) is 3.63. The fourth-order valence-electron chi connectivity index (χ4n) is 2.06. The first-order chi connectivity index (χ1) is 6.27.